The highest BCUT2D eigenvalue weighted by molar-refractivity contribution is 9.10. The van der Waals surface area contributed by atoms with Crippen LogP contribution in [0, 0.1) is 6.92 Å². The van der Waals surface area contributed by atoms with E-state index in [9.17, 15) is 0 Å². The molecule has 7 nitrogen and oxygen atoms in total. The summed E-state index contributed by atoms with van der Waals surface area (Å²) in [6, 6.07) is 6.09. The third-order valence-electron chi connectivity index (χ3n) is 2.95. The topological polar surface area (TPSA) is 102 Å². The predicted molar refractivity (Wildman–Crippen MR) is 91.1 cm³/mol. The second-order valence-corrected chi connectivity index (χ2v) is 5.79. The molecular formula is C16H19BrN2O5. The Bertz CT molecular complexity index is 646. The van der Waals surface area contributed by atoms with Crippen molar-refractivity contribution in [3.63, 3.8) is 0 Å². The Hall–Kier alpha value is -2.35. The first-order valence-corrected chi connectivity index (χ1v) is 8.00. The molecule has 0 spiro atoms. The molecule has 0 aliphatic rings. The van der Waals surface area contributed by atoms with Gasteiger partial charge in [0, 0.05) is 23.4 Å². The van der Waals surface area contributed by atoms with E-state index in [0.29, 0.717) is 0 Å². The monoisotopic (exact) mass is 398 g/mol. The number of benzene rings is 1. The highest BCUT2D eigenvalue weighted by atomic mass is 79.9. The van der Waals surface area contributed by atoms with Gasteiger partial charge in [0.1, 0.15) is 5.75 Å². The minimum atomic E-state index is -1.82. The highest BCUT2D eigenvalue weighted by Gasteiger charge is 2.04. The summed E-state index contributed by atoms with van der Waals surface area (Å²) >= 11 is 3.45. The number of hydrogen-bond donors (Lipinski definition) is 2. The highest BCUT2D eigenvalue weighted by Crippen LogP contribution is 2.22. The third kappa shape index (κ3) is 7.77. The van der Waals surface area contributed by atoms with Crippen LogP contribution in [-0.4, -0.2) is 38.3 Å². The molecule has 1 aromatic heterocycles. The Labute approximate surface area is 148 Å². The molecule has 2 rings (SSSR count). The first-order valence-electron chi connectivity index (χ1n) is 7.21. The van der Waals surface area contributed by atoms with Crippen molar-refractivity contribution < 1.29 is 24.5 Å². The lowest BCUT2D eigenvalue weighted by atomic mass is 10.2. The van der Waals surface area contributed by atoms with Crippen LogP contribution in [0.4, 0.5) is 0 Å². The molecule has 0 fully saturated rings. The number of carbonyl (C=O) groups is 2. The maximum Gasteiger partial charge on any atom is 0.414 e. The smallest absolute Gasteiger partial charge is 0.414 e. The van der Waals surface area contributed by atoms with E-state index in [1.165, 1.54) is 5.56 Å². The third-order valence-corrected chi connectivity index (χ3v) is 3.44. The van der Waals surface area contributed by atoms with Crippen molar-refractivity contribution in [2.75, 3.05) is 6.61 Å². The Balaban J connectivity index is 0.000000413. The molecule has 0 aliphatic carbocycles. The lowest BCUT2D eigenvalue weighted by Gasteiger charge is -2.09. The lowest BCUT2D eigenvalue weighted by Crippen LogP contribution is -2.09. The molecule has 8 heteroatoms. The average molecular weight is 399 g/mol. The number of ether oxygens (including phenoxy) is 1. The molecule has 0 bridgehead atoms. The molecule has 130 valence electrons. The van der Waals surface area contributed by atoms with Crippen molar-refractivity contribution in [2.45, 2.75) is 26.3 Å². The van der Waals surface area contributed by atoms with E-state index in [0.717, 1.165) is 36.2 Å². The van der Waals surface area contributed by atoms with Gasteiger partial charge in [-0.05, 0) is 43.5 Å². The fourth-order valence-electron chi connectivity index (χ4n) is 1.77. The van der Waals surface area contributed by atoms with Gasteiger partial charge in [0.05, 0.1) is 12.9 Å². The van der Waals surface area contributed by atoms with E-state index in [1.54, 1.807) is 0 Å². The van der Waals surface area contributed by atoms with Crippen LogP contribution in [0.3, 0.4) is 0 Å². The second kappa shape index (κ2) is 10.4. The van der Waals surface area contributed by atoms with E-state index in [4.69, 9.17) is 24.5 Å². The van der Waals surface area contributed by atoms with Crippen LogP contribution >= 0.6 is 15.9 Å². The Morgan fingerprint density at radius 3 is 2.50 bits per heavy atom. The molecule has 0 radical (unpaired) electrons. The van der Waals surface area contributed by atoms with Crippen molar-refractivity contribution in [2.24, 2.45) is 0 Å². The number of carboxylic acids is 2. The van der Waals surface area contributed by atoms with Crippen LogP contribution < -0.4 is 4.74 Å². The van der Waals surface area contributed by atoms with Gasteiger partial charge in [-0.2, -0.15) is 0 Å². The normalized spacial score (nSPS) is 9.75. The maximum atomic E-state index is 9.10. The molecule has 0 amide bonds. The Morgan fingerprint density at radius 1 is 1.25 bits per heavy atom. The largest absolute Gasteiger partial charge is 0.493 e. The van der Waals surface area contributed by atoms with Gasteiger partial charge >= 0.3 is 11.9 Å². The van der Waals surface area contributed by atoms with Gasteiger partial charge < -0.3 is 19.5 Å². The molecule has 24 heavy (non-hydrogen) atoms. The first-order chi connectivity index (χ1) is 11.4. The first kappa shape index (κ1) is 19.7. The molecule has 2 N–H and O–H groups in total. The summed E-state index contributed by atoms with van der Waals surface area (Å²) in [5.74, 6) is -2.68. The van der Waals surface area contributed by atoms with Gasteiger partial charge in [0.2, 0.25) is 0 Å². The van der Waals surface area contributed by atoms with Gasteiger partial charge in [0.25, 0.3) is 0 Å². The number of nitrogens with zero attached hydrogens (tertiary/aromatic N) is 2. The Morgan fingerprint density at radius 2 is 1.96 bits per heavy atom. The van der Waals surface area contributed by atoms with Crippen molar-refractivity contribution in [3.8, 4) is 5.75 Å². The van der Waals surface area contributed by atoms with E-state index in [1.807, 2.05) is 30.9 Å². The second-order valence-electron chi connectivity index (χ2n) is 4.88. The maximum absolute atomic E-state index is 9.10. The SMILES string of the molecule is Cc1cc(Br)ccc1OCCCCn1ccnc1.O=C(O)C(=O)O. The minimum Gasteiger partial charge on any atom is -0.493 e. The Kier molecular flexibility index (Phi) is 8.56. The summed E-state index contributed by atoms with van der Waals surface area (Å²) in [5.41, 5.74) is 1.17. The zero-order valence-electron chi connectivity index (χ0n) is 13.2. The fraction of sp³-hybridized carbons (Fsp3) is 0.312. The standard InChI is InChI=1S/C14H17BrN2O.C2H2O4/c1-12-10-13(15)4-5-14(12)18-9-3-2-7-17-8-6-16-11-17;3-1(4)2(5)6/h4-6,8,10-11H,2-3,7,9H2,1H3;(H,3,4)(H,5,6). The number of aromatic nitrogens is 2. The number of rotatable bonds is 6. The van der Waals surface area contributed by atoms with E-state index < -0.39 is 11.9 Å². The molecule has 0 atom stereocenters. The van der Waals surface area contributed by atoms with Crippen molar-refractivity contribution in [3.05, 3.63) is 47.0 Å². The molecule has 1 heterocycles. The summed E-state index contributed by atoms with van der Waals surface area (Å²) < 4.78 is 8.94. The van der Waals surface area contributed by atoms with Crippen molar-refractivity contribution in [1.82, 2.24) is 9.55 Å². The van der Waals surface area contributed by atoms with Crippen LogP contribution in [0.1, 0.15) is 18.4 Å². The fourth-order valence-corrected chi connectivity index (χ4v) is 2.25. The molecule has 1 aromatic carbocycles. The minimum absolute atomic E-state index is 0.761. The lowest BCUT2D eigenvalue weighted by molar-refractivity contribution is -0.159. The van der Waals surface area contributed by atoms with Gasteiger partial charge in [-0.15, -0.1) is 0 Å². The van der Waals surface area contributed by atoms with Crippen molar-refractivity contribution >= 4 is 27.9 Å². The summed E-state index contributed by atoms with van der Waals surface area (Å²) in [6.07, 6.45) is 7.79. The summed E-state index contributed by atoms with van der Waals surface area (Å²) in [6.45, 7) is 3.82. The quantitative estimate of drug-likeness (QED) is 0.572. The van der Waals surface area contributed by atoms with Crippen LogP contribution in [0.25, 0.3) is 0 Å². The van der Waals surface area contributed by atoms with Crippen LogP contribution in [0.2, 0.25) is 0 Å². The number of aryl methyl sites for hydroxylation is 2. The zero-order chi connectivity index (χ0) is 17.9. The average Bonchev–Trinajstić information content (AvgIpc) is 3.02. The van der Waals surface area contributed by atoms with Crippen LogP contribution in [0.15, 0.2) is 41.4 Å². The van der Waals surface area contributed by atoms with Gasteiger partial charge in [-0.1, -0.05) is 15.9 Å². The molecular weight excluding hydrogens is 380 g/mol. The van der Waals surface area contributed by atoms with Crippen LogP contribution in [-0.2, 0) is 16.1 Å². The molecule has 0 unspecified atom stereocenters. The summed E-state index contributed by atoms with van der Waals surface area (Å²) in [4.78, 5) is 22.2. The number of unbranched alkanes of at least 4 members (excludes halogenated alkanes) is 1. The molecule has 0 aliphatic heterocycles. The van der Waals surface area contributed by atoms with Gasteiger partial charge in [0.15, 0.2) is 0 Å². The van der Waals surface area contributed by atoms with Gasteiger partial charge in [-0.3, -0.25) is 0 Å². The van der Waals surface area contributed by atoms with Crippen molar-refractivity contribution in [1.29, 1.82) is 0 Å². The van der Waals surface area contributed by atoms with Crippen LogP contribution in [0.5, 0.6) is 5.75 Å². The molecule has 0 saturated carbocycles. The number of hydrogen-bond acceptors (Lipinski definition) is 4. The number of imidazole rings is 1. The number of halogens is 1. The summed E-state index contributed by atoms with van der Waals surface area (Å²) in [5, 5.41) is 14.8. The molecule has 2 aromatic rings. The predicted octanol–water partition coefficient (Wildman–Crippen LogP) is 2.97. The molecule has 0 saturated heterocycles. The van der Waals surface area contributed by atoms with E-state index in [2.05, 4.69) is 38.5 Å². The number of aliphatic carboxylic acids is 2. The van der Waals surface area contributed by atoms with E-state index in [-0.39, 0.29) is 0 Å². The van der Waals surface area contributed by atoms with Gasteiger partial charge in [-0.25, -0.2) is 14.6 Å². The zero-order valence-corrected chi connectivity index (χ0v) is 14.8. The summed E-state index contributed by atoms with van der Waals surface area (Å²) in [7, 11) is 0. The van der Waals surface area contributed by atoms with E-state index >= 15 is 0 Å². The number of carboxylic acid groups (broad SMARTS) is 2.